The molecule has 0 radical (unpaired) electrons. The van der Waals surface area contributed by atoms with Gasteiger partial charge in [-0.2, -0.15) is 0 Å². The fraction of sp³-hybridized carbons (Fsp3) is 0.917. The Morgan fingerprint density at radius 3 is 2.67 bits per heavy atom. The number of Topliss-reactive ketones (excluding diaryl/α,β-unsaturated/α-hetero) is 1. The molecule has 0 aromatic rings. The van der Waals surface area contributed by atoms with Crippen molar-refractivity contribution >= 4 is 5.78 Å². The lowest BCUT2D eigenvalue weighted by Crippen LogP contribution is -2.44. The maximum absolute atomic E-state index is 11.8. The van der Waals surface area contributed by atoms with Gasteiger partial charge in [-0.3, -0.25) is 9.69 Å². The van der Waals surface area contributed by atoms with E-state index in [9.17, 15) is 4.79 Å². The summed E-state index contributed by atoms with van der Waals surface area (Å²) in [4.78, 5) is 14.1. The zero-order chi connectivity index (χ0) is 11.5. The van der Waals surface area contributed by atoms with Gasteiger partial charge in [-0.25, -0.2) is 0 Å². The van der Waals surface area contributed by atoms with Crippen molar-refractivity contribution in [1.29, 1.82) is 0 Å². The normalized spacial score (nSPS) is 24.1. The second-order valence-corrected chi connectivity index (χ2v) is 5.41. The molecule has 1 aliphatic rings. The predicted octanol–water partition coefficient (Wildman–Crippen LogP) is 1.71. The van der Waals surface area contributed by atoms with E-state index in [0.29, 0.717) is 18.4 Å². The third-order valence-electron chi connectivity index (χ3n) is 3.00. The van der Waals surface area contributed by atoms with Gasteiger partial charge in [0.15, 0.2) is 5.78 Å². The molecular formula is C12H23NO2. The number of likely N-dealkylation sites (tertiary alicyclic amines) is 1. The van der Waals surface area contributed by atoms with Crippen LogP contribution in [0.15, 0.2) is 0 Å². The molecule has 3 heteroatoms. The Kier molecular flexibility index (Phi) is 4.29. The Morgan fingerprint density at radius 2 is 2.13 bits per heavy atom. The first-order chi connectivity index (χ1) is 6.93. The van der Waals surface area contributed by atoms with E-state index in [2.05, 4.69) is 4.90 Å². The molecule has 1 heterocycles. The molecule has 0 N–H and O–H groups in total. The van der Waals surface area contributed by atoms with Crippen LogP contribution < -0.4 is 0 Å². The topological polar surface area (TPSA) is 29.5 Å². The number of ketones is 1. The van der Waals surface area contributed by atoms with Gasteiger partial charge in [0, 0.05) is 19.1 Å². The van der Waals surface area contributed by atoms with Gasteiger partial charge in [-0.15, -0.1) is 0 Å². The van der Waals surface area contributed by atoms with Gasteiger partial charge < -0.3 is 4.74 Å². The van der Waals surface area contributed by atoms with Crippen LogP contribution in [0, 0.1) is 5.41 Å². The molecule has 0 saturated carbocycles. The van der Waals surface area contributed by atoms with Crippen LogP contribution in [-0.4, -0.2) is 43.5 Å². The standard InChI is InChI=1S/C12H23NO2/c1-12(2,3)11(14)9-13-7-5-6-10(8-13)15-4/h10H,5-9H2,1-4H3. The van der Waals surface area contributed by atoms with Crippen molar-refractivity contribution in [2.24, 2.45) is 5.41 Å². The Hall–Kier alpha value is -0.410. The first-order valence-electron chi connectivity index (χ1n) is 5.72. The van der Waals surface area contributed by atoms with Gasteiger partial charge in [-0.05, 0) is 19.4 Å². The highest BCUT2D eigenvalue weighted by Gasteiger charge is 2.26. The molecule has 88 valence electrons. The average molecular weight is 213 g/mol. The summed E-state index contributed by atoms with van der Waals surface area (Å²) in [5, 5.41) is 0. The molecule has 15 heavy (non-hydrogen) atoms. The number of hydrogen-bond acceptors (Lipinski definition) is 3. The lowest BCUT2D eigenvalue weighted by atomic mass is 9.90. The van der Waals surface area contributed by atoms with E-state index < -0.39 is 0 Å². The second kappa shape index (κ2) is 5.08. The monoisotopic (exact) mass is 213 g/mol. The molecule has 1 saturated heterocycles. The van der Waals surface area contributed by atoms with Crippen LogP contribution in [0.4, 0.5) is 0 Å². The smallest absolute Gasteiger partial charge is 0.152 e. The second-order valence-electron chi connectivity index (χ2n) is 5.41. The van der Waals surface area contributed by atoms with Crippen molar-refractivity contribution in [1.82, 2.24) is 4.90 Å². The molecule has 1 atom stereocenters. The van der Waals surface area contributed by atoms with Crippen molar-refractivity contribution in [3.63, 3.8) is 0 Å². The summed E-state index contributed by atoms with van der Waals surface area (Å²) in [7, 11) is 1.75. The molecule has 0 amide bonds. The Bertz CT molecular complexity index is 220. The molecule has 0 spiro atoms. The largest absolute Gasteiger partial charge is 0.380 e. The van der Waals surface area contributed by atoms with Gasteiger partial charge in [0.2, 0.25) is 0 Å². The number of nitrogens with zero attached hydrogens (tertiary/aromatic N) is 1. The minimum Gasteiger partial charge on any atom is -0.380 e. The van der Waals surface area contributed by atoms with Crippen LogP contribution in [0.1, 0.15) is 33.6 Å². The Labute approximate surface area is 92.8 Å². The maximum atomic E-state index is 11.8. The van der Waals surface area contributed by atoms with Crippen molar-refractivity contribution in [3.05, 3.63) is 0 Å². The van der Waals surface area contributed by atoms with Crippen molar-refractivity contribution in [2.75, 3.05) is 26.7 Å². The SMILES string of the molecule is COC1CCCN(CC(=O)C(C)(C)C)C1. The van der Waals surface area contributed by atoms with Gasteiger partial charge in [0.1, 0.15) is 0 Å². The van der Waals surface area contributed by atoms with E-state index in [4.69, 9.17) is 4.74 Å². The summed E-state index contributed by atoms with van der Waals surface area (Å²) < 4.78 is 5.34. The van der Waals surface area contributed by atoms with Crippen LogP contribution in [-0.2, 0) is 9.53 Å². The number of carbonyl (C=O) groups excluding carboxylic acids is 1. The number of ether oxygens (including phenoxy) is 1. The van der Waals surface area contributed by atoms with Gasteiger partial charge in [0.25, 0.3) is 0 Å². The van der Waals surface area contributed by atoms with Crippen LogP contribution in [0.2, 0.25) is 0 Å². The fourth-order valence-corrected chi connectivity index (χ4v) is 1.79. The highest BCUT2D eigenvalue weighted by molar-refractivity contribution is 5.85. The molecule has 1 fully saturated rings. The highest BCUT2D eigenvalue weighted by atomic mass is 16.5. The molecule has 1 unspecified atom stereocenters. The minimum atomic E-state index is -0.222. The summed E-state index contributed by atoms with van der Waals surface area (Å²) in [6.45, 7) is 8.44. The number of piperidine rings is 1. The first kappa shape index (κ1) is 12.7. The summed E-state index contributed by atoms with van der Waals surface area (Å²) >= 11 is 0. The lowest BCUT2D eigenvalue weighted by molar-refractivity contribution is -0.128. The predicted molar refractivity (Wildman–Crippen MR) is 60.9 cm³/mol. The number of methoxy groups -OCH3 is 1. The van der Waals surface area contributed by atoms with E-state index in [0.717, 1.165) is 25.9 Å². The van der Waals surface area contributed by atoms with Gasteiger partial charge in [0.05, 0.1) is 12.6 Å². The lowest BCUT2D eigenvalue weighted by Gasteiger charge is -2.32. The number of hydrogen-bond donors (Lipinski definition) is 0. The zero-order valence-electron chi connectivity index (χ0n) is 10.4. The summed E-state index contributed by atoms with van der Waals surface area (Å²) in [6, 6.07) is 0. The van der Waals surface area contributed by atoms with E-state index in [-0.39, 0.29) is 5.41 Å². The van der Waals surface area contributed by atoms with Gasteiger partial charge in [-0.1, -0.05) is 20.8 Å². The molecular weight excluding hydrogens is 190 g/mol. The number of carbonyl (C=O) groups is 1. The first-order valence-corrected chi connectivity index (χ1v) is 5.72. The van der Waals surface area contributed by atoms with Gasteiger partial charge >= 0.3 is 0 Å². The van der Waals surface area contributed by atoms with E-state index >= 15 is 0 Å². The molecule has 0 aliphatic carbocycles. The van der Waals surface area contributed by atoms with E-state index in [1.165, 1.54) is 0 Å². The summed E-state index contributed by atoms with van der Waals surface area (Å²) in [5.74, 6) is 0.319. The van der Waals surface area contributed by atoms with Crippen molar-refractivity contribution < 1.29 is 9.53 Å². The molecule has 0 aromatic carbocycles. The molecule has 0 aromatic heterocycles. The Morgan fingerprint density at radius 1 is 1.47 bits per heavy atom. The third kappa shape index (κ3) is 3.92. The highest BCUT2D eigenvalue weighted by Crippen LogP contribution is 2.18. The quantitative estimate of drug-likeness (QED) is 0.715. The molecule has 3 nitrogen and oxygen atoms in total. The number of rotatable bonds is 3. The minimum absolute atomic E-state index is 0.222. The summed E-state index contributed by atoms with van der Waals surface area (Å²) in [5.41, 5.74) is -0.222. The summed E-state index contributed by atoms with van der Waals surface area (Å²) in [6.07, 6.45) is 2.57. The zero-order valence-corrected chi connectivity index (χ0v) is 10.4. The van der Waals surface area contributed by atoms with Crippen molar-refractivity contribution in [3.8, 4) is 0 Å². The average Bonchev–Trinajstić information content (AvgIpc) is 2.16. The van der Waals surface area contributed by atoms with Crippen LogP contribution >= 0.6 is 0 Å². The third-order valence-corrected chi connectivity index (χ3v) is 3.00. The molecule has 1 rings (SSSR count). The van der Waals surface area contributed by atoms with Crippen LogP contribution in [0.5, 0.6) is 0 Å². The van der Waals surface area contributed by atoms with E-state index in [1.54, 1.807) is 7.11 Å². The van der Waals surface area contributed by atoms with Crippen LogP contribution in [0.25, 0.3) is 0 Å². The molecule has 0 bridgehead atoms. The fourth-order valence-electron chi connectivity index (χ4n) is 1.79. The maximum Gasteiger partial charge on any atom is 0.152 e. The molecule has 1 aliphatic heterocycles. The Balaban J connectivity index is 2.41. The van der Waals surface area contributed by atoms with Crippen LogP contribution in [0.3, 0.4) is 0 Å². The van der Waals surface area contributed by atoms with Crippen molar-refractivity contribution in [2.45, 2.75) is 39.7 Å². The van der Waals surface area contributed by atoms with E-state index in [1.807, 2.05) is 20.8 Å².